The molecule has 104 valence electrons. The molecule has 1 aromatic rings. The number of fused-ring (bicyclic) bond motifs is 1. The SMILES string of the molecule is CCO[C@]1(C(F)(F)F)OC(=O)Nc2ccc(Cl)cc21. The van der Waals surface area contributed by atoms with Gasteiger partial charge in [-0.05, 0) is 25.1 Å². The fourth-order valence-corrected chi connectivity index (χ4v) is 1.99. The van der Waals surface area contributed by atoms with Gasteiger partial charge in [-0.1, -0.05) is 11.6 Å². The van der Waals surface area contributed by atoms with Gasteiger partial charge in [-0.2, -0.15) is 13.2 Å². The van der Waals surface area contributed by atoms with Crippen LogP contribution >= 0.6 is 11.6 Å². The summed E-state index contributed by atoms with van der Waals surface area (Å²) in [7, 11) is 0. The standard InChI is InChI=1S/C11H9ClF3NO3/c1-2-18-10(11(13,14)15)7-5-6(12)3-4-8(7)16-9(17)19-10/h3-5H,2H2,1H3,(H,16,17)/t10-/m0/s1. The molecule has 0 saturated heterocycles. The van der Waals surface area contributed by atoms with Crippen molar-refractivity contribution in [1.82, 2.24) is 0 Å². The molecule has 1 amide bonds. The highest BCUT2D eigenvalue weighted by molar-refractivity contribution is 6.30. The summed E-state index contributed by atoms with van der Waals surface area (Å²) in [6, 6.07) is 3.68. The number of nitrogens with one attached hydrogen (secondary N) is 1. The Morgan fingerprint density at radius 3 is 2.74 bits per heavy atom. The third-order valence-corrected chi connectivity index (χ3v) is 2.77. The molecule has 0 spiro atoms. The summed E-state index contributed by atoms with van der Waals surface area (Å²) in [5, 5.41) is 2.25. The van der Waals surface area contributed by atoms with Gasteiger partial charge in [-0.3, -0.25) is 5.32 Å². The van der Waals surface area contributed by atoms with Crippen molar-refractivity contribution in [3.63, 3.8) is 0 Å². The summed E-state index contributed by atoms with van der Waals surface area (Å²) in [5.74, 6) is -3.13. The third-order valence-electron chi connectivity index (χ3n) is 2.53. The van der Waals surface area contributed by atoms with Crippen LogP contribution in [0.25, 0.3) is 0 Å². The molecule has 1 heterocycles. The number of carbonyl (C=O) groups excluding carboxylic acids is 1. The maximum absolute atomic E-state index is 13.3. The summed E-state index contributed by atoms with van der Waals surface area (Å²) >= 11 is 5.70. The molecule has 8 heteroatoms. The summed E-state index contributed by atoms with van der Waals surface area (Å²) in [6.07, 6.45) is -6.17. The topological polar surface area (TPSA) is 47.6 Å². The van der Waals surface area contributed by atoms with Crippen LogP contribution < -0.4 is 5.32 Å². The predicted molar refractivity (Wildman–Crippen MR) is 60.9 cm³/mol. The van der Waals surface area contributed by atoms with E-state index in [4.69, 9.17) is 16.3 Å². The predicted octanol–water partition coefficient (Wildman–Crippen LogP) is 3.65. The number of halogens is 4. The van der Waals surface area contributed by atoms with E-state index in [1.165, 1.54) is 19.1 Å². The molecule has 0 unspecified atom stereocenters. The van der Waals surface area contributed by atoms with Gasteiger partial charge in [-0.15, -0.1) is 0 Å². The molecule has 1 aliphatic rings. The lowest BCUT2D eigenvalue weighted by molar-refractivity contribution is -0.370. The Bertz CT molecular complexity index is 520. The molecule has 1 atom stereocenters. The van der Waals surface area contributed by atoms with E-state index in [2.05, 4.69) is 10.1 Å². The van der Waals surface area contributed by atoms with Crippen LogP contribution in [0.15, 0.2) is 18.2 Å². The van der Waals surface area contributed by atoms with Gasteiger partial charge in [0.25, 0.3) is 0 Å². The highest BCUT2D eigenvalue weighted by atomic mass is 35.5. The minimum Gasteiger partial charge on any atom is -0.402 e. The maximum atomic E-state index is 13.3. The fraction of sp³-hybridized carbons (Fsp3) is 0.364. The second-order valence-electron chi connectivity index (χ2n) is 3.75. The van der Waals surface area contributed by atoms with Crippen molar-refractivity contribution in [1.29, 1.82) is 0 Å². The minimum atomic E-state index is -4.93. The molecular weight excluding hydrogens is 287 g/mol. The van der Waals surface area contributed by atoms with E-state index in [0.29, 0.717) is 0 Å². The zero-order valence-corrected chi connectivity index (χ0v) is 10.4. The van der Waals surface area contributed by atoms with Gasteiger partial charge in [0.15, 0.2) is 0 Å². The van der Waals surface area contributed by atoms with Crippen LogP contribution in [0, 0.1) is 0 Å². The van der Waals surface area contributed by atoms with Crippen molar-refractivity contribution >= 4 is 23.4 Å². The van der Waals surface area contributed by atoms with Crippen LogP contribution in [0.4, 0.5) is 23.7 Å². The minimum absolute atomic E-state index is 0.0496. The van der Waals surface area contributed by atoms with Crippen LogP contribution in [-0.4, -0.2) is 18.9 Å². The first kappa shape index (κ1) is 14.0. The highest BCUT2D eigenvalue weighted by Gasteiger charge is 2.64. The van der Waals surface area contributed by atoms with Crippen LogP contribution in [0.1, 0.15) is 12.5 Å². The fourth-order valence-electron chi connectivity index (χ4n) is 1.82. The van der Waals surface area contributed by atoms with E-state index in [9.17, 15) is 18.0 Å². The molecule has 1 aliphatic heterocycles. The van der Waals surface area contributed by atoms with Gasteiger partial charge in [0.05, 0.1) is 11.3 Å². The van der Waals surface area contributed by atoms with E-state index in [1.807, 2.05) is 0 Å². The first-order valence-corrected chi connectivity index (χ1v) is 5.68. The number of carbonyl (C=O) groups is 1. The van der Waals surface area contributed by atoms with E-state index in [-0.39, 0.29) is 22.9 Å². The van der Waals surface area contributed by atoms with Crippen molar-refractivity contribution in [2.45, 2.75) is 18.9 Å². The molecular formula is C11H9ClF3NO3. The zero-order chi connectivity index (χ0) is 14.3. The quantitative estimate of drug-likeness (QED) is 0.906. The second kappa shape index (κ2) is 4.57. The Labute approximate surface area is 111 Å². The smallest absolute Gasteiger partial charge is 0.402 e. The normalized spacial score (nSPS) is 22.5. The molecule has 0 aromatic heterocycles. The Morgan fingerprint density at radius 2 is 2.16 bits per heavy atom. The number of hydrogen-bond acceptors (Lipinski definition) is 3. The Morgan fingerprint density at radius 1 is 1.47 bits per heavy atom. The maximum Gasteiger partial charge on any atom is 0.460 e. The third kappa shape index (κ3) is 2.23. The van der Waals surface area contributed by atoms with Crippen LogP contribution in [0.5, 0.6) is 0 Å². The van der Waals surface area contributed by atoms with Crippen molar-refractivity contribution in [3.05, 3.63) is 28.8 Å². The van der Waals surface area contributed by atoms with E-state index >= 15 is 0 Å². The molecule has 19 heavy (non-hydrogen) atoms. The van der Waals surface area contributed by atoms with Crippen molar-refractivity contribution in [2.24, 2.45) is 0 Å². The van der Waals surface area contributed by atoms with Gasteiger partial charge in [0.1, 0.15) is 0 Å². The lowest BCUT2D eigenvalue weighted by Gasteiger charge is -2.38. The van der Waals surface area contributed by atoms with E-state index in [0.717, 1.165) is 6.07 Å². The highest BCUT2D eigenvalue weighted by Crippen LogP contribution is 2.48. The summed E-state index contributed by atoms with van der Waals surface area (Å²) in [4.78, 5) is 11.3. The number of hydrogen-bond donors (Lipinski definition) is 1. The average Bonchev–Trinajstić information content (AvgIpc) is 2.28. The Balaban J connectivity index is 2.67. The lowest BCUT2D eigenvalue weighted by Crippen LogP contribution is -2.52. The van der Waals surface area contributed by atoms with Crippen LogP contribution in [-0.2, 0) is 15.3 Å². The molecule has 4 nitrogen and oxygen atoms in total. The van der Waals surface area contributed by atoms with Crippen molar-refractivity contribution in [2.75, 3.05) is 11.9 Å². The lowest BCUT2D eigenvalue weighted by atomic mass is 10.0. The summed E-state index contributed by atoms with van der Waals surface area (Å²) in [6.45, 7) is 1.08. The van der Waals surface area contributed by atoms with Crippen LogP contribution in [0.2, 0.25) is 5.02 Å². The van der Waals surface area contributed by atoms with Gasteiger partial charge in [-0.25, -0.2) is 4.79 Å². The monoisotopic (exact) mass is 295 g/mol. The number of ether oxygens (including phenoxy) is 2. The van der Waals surface area contributed by atoms with Crippen LogP contribution in [0.3, 0.4) is 0 Å². The number of anilines is 1. The average molecular weight is 296 g/mol. The first-order valence-electron chi connectivity index (χ1n) is 5.31. The molecule has 0 bridgehead atoms. The molecule has 2 rings (SSSR count). The molecule has 1 aromatic carbocycles. The largest absolute Gasteiger partial charge is 0.460 e. The summed E-state index contributed by atoms with van der Waals surface area (Å²) < 4.78 is 49.0. The first-order chi connectivity index (χ1) is 8.80. The molecule has 0 aliphatic carbocycles. The number of rotatable bonds is 2. The van der Waals surface area contributed by atoms with E-state index in [1.54, 1.807) is 0 Å². The number of amides is 1. The molecule has 1 N–H and O–H groups in total. The number of benzene rings is 1. The van der Waals surface area contributed by atoms with E-state index < -0.39 is 18.1 Å². The van der Waals surface area contributed by atoms with Gasteiger partial charge in [0.2, 0.25) is 0 Å². The number of cyclic esters (lactones) is 1. The Hall–Kier alpha value is -1.47. The van der Waals surface area contributed by atoms with Crippen molar-refractivity contribution < 1.29 is 27.4 Å². The van der Waals surface area contributed by atoms with Crippen molar-refractivity contribution in [3.8, 4) is 0 Å². The summed E-state index contributed by atoms with van der Waals surface area (Å²) in [5.41, 5.74) is -0.430. The zero-order valence-electron chi connectivity index (χ0n) is 9.68. The second-order valence-corrected chi connectivity index (χ2v) is 4.19. The molecule has 0 saturated carbocycles. The van der Waals surface area contributed by atoms with Gasteiger partial charge < -0.3 is 9.47 Å². The molecule has 0 fully saturated rings. The Kier molecular flexibility index (Phi) is 3.36. The number of alkyl halides is 3. The molecule has 0 radical (unpaired) electrons. The van der Waals surface area contributed by atoms with Gasteiger partial charge >= 0.3 is 18.1 Å². The van der Waals surface area contributed by atoms with Gasteiger partial charge in [0, 0.05) is 11.6 Å².